The summed E-state index contributed by atoms with van der Waals surface area (Å²) in [5, 5.41) is 0. The summed E-state index contributed by atoms with van der Waals surface area (Å²) in [6.45, 7) is 0. The highest BCUT2D eigenvalue weighted by molar-refractivity contribution is 5.14. The minimum Gasteiger partial charge on any atom is -0.0845 e. The third kappa shape index (κ3) is 6.24. The molecule has 0 unspecified atom stereocenters. The van der Waals surface area contributed by atoms with Crippen LogP contribution in [0.3, 0.4) is 0 Å². The first kappa shape index (κ1) is 10.8. The van der Waals surface area contributed by atoms with Crippen molar-refractivity contribution < 1.29 is 0 Å². The van der Waals surface area contributed by atoms with Gasteiger partial charge in [-0.1, -0.05) is 60.8 Å². The molecule has 14 heavy (non-hydrogen) atoms. The van der Waals surface area contributed by atoms with E-state index in [1.807, 2.05) is 0 Å². The summed E-state index contributed by atoms with van der Waals surface area (Å²) in [4.78, 5) is 0. The zero-order valence-corrected chi connectivity index (χ0v) is 8.47. The Morgan fingerprint density at radius 2 is 1.14 bits per heavy atom. The summed E-state index contributed by atoms with van der Waals surface area (Å²) in [6.07, 6.45) is 26.5. The van der Waals surface area contributed by atoms with Crippen LogP contribution in [0.2, 0.25) is 0 Å². The molecule has 0 fully saturated rings. The number of hydrogen-bond donors (Lipinski definition) is 0. The van der Waals surface area contributed by atoms with Crippen molar-refractivity contribution in [3.05, 3.63) is 67.2 Å². The Bertz CT molecular complexity index is 262. The predicted molar refractivity (Wildman–Crippen MR) is 63.9 cm³/mol. The maximum Gasteiger partial charge on any atom is -0.0163 e. The second-order valence-corrected chi connectivity index (χ2v) is 3.10. The SMILES string of the molecule is [CH]1C=CC=CCC=CC=CC=CCC1. The number of allylic oxidation sites excluding steroid dienone is 10. The van der Waals surface area contributed by atoms with Crippen molar-refractivity contribution in [1.29, 1.82) is 0 Å². The fraction of sp³-hybridized carbons (Fsp3) is 0.214. The molecule has 0 heterocycles. The van der Waals surface area contributed by atoms with Crippen molar-refractivity contribution in [3.8, 4) is 0 Å². The highest BCUT2D eigenvalue weighted by Gasteiger charge is 1.79. The molecule has 73 valence electrons. The summed E-state index contributed by atoms with van der Waals surface area (Å²) in [7, 11) is 0. The van der Waals surface area contributed by atoms with Crippen molar-refractivity contribution in [3.63, 3.8) is 0 Å². The Kier molecular flexibility index (Phi) is 6.39. The van der Waals surface area contributed by atoms with Crippen LogP contribution in [0.15, 0.2) is 60.8 Å². The van der Waals surface area contributed by atoms with Gasteiger partial charge in [-0.05, 0) is 25.7 Å². The molecule has 0 bridgehead atoms. The van der Waals surface area contributed by atoms with Crippen molar-refractivity contribution in [1.82, 2.24) is 0 Å². The van der Waals surface area contributed by atoms with E-state index in [0.29, 0.717) is 0 Å². The third-order valence-corrected chi connectivity index (χ3v) is 1.87. The molecule has 1 radical (unpaired) electrons. The molecular weight excluding hydrogens is 168 g/mol. The fourth-order valence-electron chi connectivity index (χ4n) is 1.13. The van der Waals surface area contributed by atoms with Crippen LogP contribution in [0.1, 0.15) is 19.3 Å². The first-order chi connectivity index (χ1) is 7.00. The molecule has 1 rings (SSSR count). The molecule has 0 spiro atoms. The Hall–Kier alpha value is -1.30. The van der Waals surface area contributed by atoms with E-state index in [4.69, 9.17) is 0 Å². The van der Waals surface area contributed by atoms with Gasteiger partial charge in [0, 0.05) is 0 Å². The van der Waals surface area contributed by atoms with Gasteiger partial charge in [0.25, 0.3) is 0 Å². The van der Waals surface area contributed by atoms with E-state index in [0.717, 1.165) is 19.3 Å². The first-order valence-corrected chi connectivity index (χ1v) is 5.13. The van der Waals surface area contributed by atoms with Crippen molar-refractivity contribution in [2.45, 2.75) is 19.3 Å². The largest absolute Gasteiger partial charge is 0.0845 e. The predicted octanol–water partition coefficient (Wildman–Crippen LogP) is 4.16. The summed E-state index contributed by atoms with van der Waals surface area (Å²) in [5.74, 6) is 0. The van der Waals surface area contributed by atoms with E-state index in [2.05, 4.69) is 67.2 Å². The van der Waals surface area contributed by atoms with Gasteiger partial charge in [0.15, 0.2) is 0 Å². The Labute approximate surface area is 87.0 Å². The molecule has 1 aliphatic rings. The molecule has 0 amide bonds. The lowest BCUT2D eigenvalue weighted by Crippen LogP contribution is -1.70. The Morgan fingerprint density at radius 1 is 0.500 bits per heavy atom. The first-order valence-electron chi connectivity index (χ1n) is 5.13. The van der Waals surface area contributed by atoms with Crippen LogP contribution in [0.5, 0.6) is 0 Å². The smallest absolute Gasteiger partial charge is 0.0163 e. The van der Waals surface area contributed by atoms with Crippen LogP contribution in [-0.2, 0) is 0 Å². The van der Waals surface area contributed by atoms with E-state index < -0.39 is 0 Å². The van der Waals surface area contributed by atoms with Gasteiger partial charge in [0.1, 0.15) is 0 Å². The van der Waals surface area contributed by atoms with Crippen molar-refractivity contribution in [2.24, 2.45) is 0 Å². The van der Waals surface area contributed by atoms with Crippen molar-refractivity contribution in [2.75, 3.05) is 0 Å². The molecule has 0 saturated heterocycles. The topological polar surface area (TPSA) is 0 Å². The quantitative estimate of drug-likeness (QED) is 0.531. The van der Waals surface area contributed by atoms with Gasteiger partial charge in [-0.3, -0.25) is 0 Å². The van der Waals surface area contributed by atoms with Crippen molar-refractivity contribution >= 4 is 0 Å². The standard InChI is InChI=1S/C14H17/c1-2-4-6-8-10-12-14-13-11-9-7-5-3-1/h1-6,9,11-14H,7-8,10H2. The third-order valence-electron chi connectivity index (χ3n) is 1.87. The van der Waals surface area contributed by atoms with E-state index in [9.17, 15) is 0 Å². The summed E-state index contributed by atoms with van der Waals surface area (Å²) in [6, 6.07) is 0. The van der Waals surface area contributed by atoms with Crippen LogP contribution >= 0.6 is 0 Å². The summed E-state index contributed by atoms with van der Waals surface area (Å²) in [5.41, 5.74) is 0. The maximum absolute atomic E-state index is 2.19. The van der Waals surface area contributed by atoms with E-state index in [1.165, 1.54) is 0 Å². The molecule has 0 aromatic heterocycles. The zero-order chi connectivity index (χ0) is 9.90. The molecule has 0 saturated carbocycles. The lowest BCUT2D eigenvalue weighted by molar-refractivity contribution is 1.00. The molecule has 0 aromatic rings. The lowest BCUT2D eigenvalue weighted by atomic mass is 10.2. The lowest BCUT2D eigenvalue weighted by Gasteiger charge is -1.88. The van der Waals surface area contributed by atoms with Crippen LogP contribution < -0.4 is 0 Å². The molecule has 0 nitrogen and oxygen atoms in total. The van der Waals surface area contributed by atoms with Gasteiger partial charge >= 0.3 is 0 Å². The number of hydrogen-bond acceptors (Lipinski definition) is 0. The van der Waals surface area contributed by atoms with Gasteiger partial charge in [0.2, 0.25) is 0 Å². The Morgan fingerprint density at radius 3 is 1.93 bits per heavy atom. The average Bonchev–Trinajstić information content (AvgIpc) is 2.22. The minimum absolute atomic E-state index is 0.998. The zero-order valence-electron chi connectivity index (χ0n) is 8.47. The van der Waals surface area contributed by atoms with Gasteiger partial charge in [-0.15, -0.1) is 0 Å². The molecule has 0 N–H and O–H groups in total. The molecule has 0 aliphatic heterocycles. The maximum atomic E-state index is 2.19. The van der Waals surface area contributed by atoms with Gasteiger partial charge in [-0.2, -0.15) is 0 Å². The van der Waals surface area contributed by atoms with E-state index in [1.54, 1.807) is 0 Å². The average molecular weight is 185 g/mol. The Balaban J connectivity index is 2.45. The fourth-order valence-corrected chi connectivity index (χ4v) is 1.13. The van der Waals surface area contributed by atoms with Gasteiger partial charge in [-0.25, -0.2) is 0 Å². The monoisotopic (exact) mass is 185 g/mol. The molecule has 1 aliphatic carbocycles. The number of rotatable bonds is 0. The van der Waals surface area contributed by atoms with E-state index >= 15 is 0 Å². The van der Waals surface area contributed by atoms with Crippen LogP contribution in [-0.4, -0.2) is 0 Å². The second-order valence-electron chi connectivity index (χ2n) is 3.10. The minimum atomic E-state index is 0.998. The van der Waals surface area contributed by atoms with Gasteiger partial charge < -0.3 is 0 Å². The normalized spacial score (nSPS) is 18.3. The molecule has 0 atom stereocenters. The summed E-state index contributed by atoms with van der Waals surface area (Å²) < 4.78 is 0. The van der Waals surface area contributed by atoms with E-state index in [-0.39, 0.29) is 0 Å². The highest BCUT2D eigenvalue weighted by atomic mass is 13.9. The second kappa shape index (κ2) is 8.31. The van der Waals surface area contributed by atoms with Crippen LogP contribution in [0.4, 0.5) is 0 Å². The molecule has 0 aromatic carbocycles. The highest BCUT2D eigenvalue weighted by Crippen LogP contribution is 1.98. The van der Waals surface area contributed by atoms with Crippen LogP contribution in [0.25, 0.3) is 0 Å². The van der Waals surface area contributed by atoms with Gasteiger partial charge in [0.05, 0.1) is 0 Å². The van der Waals surface area contributed by atoms with Crippen LogP contribution in [0, 0.1) is 6.42 Å². The molecular formula is C14H17. The molecule has 0 heteroatoms. The summed E-state index contributed by atoms with van der Waals surface area (Å²) >= 11 is 0.